The maximum atomic E-state index is 13.5. The topological polar surface area (TPSA) is 0 Å². The summed E-state index contributed by atoms with van der Waals surface area (Å²) in [6.45, 7) is 0. The van der Waals surface area contributed by atoms with E-state index in [1.165, 1.54) is 0 Å². The van der Waals surface area contributed by atoms with E-state index in [9.17, 15) is 8.78 Å². The van der Waals surface area contributed by atoms with Crippen molar-refractivity contribution in [3.05, 3.63) is 70.2 Å². The maximum absolute atomic E-state index is 13.5. The minimum absolute atomic E-state index is 0.119. The van der Waals surface area contributed by atoms with Crippen LogP contribution >= 0.6 is 23.2 Å². The summed E-state index contributed by atoms with van der Waals surface area (Å²) in [6, 6.07) is 9.91. The van der Waals surface area contributed by atoms with E-state index in [0.717, 1.165) is 18.2 Å². The normalized spacial score (nSPS) is 12.5. The lowest BCUT2D eigenvalue weighted by Crippen LogP contribution is -1.97. The molecule has 0 nitrogen and oxygen atoms in total. The predicted molar refractivity (Wildman–Crippen MR) is 65.5 cm³/mol. The highest BCUT2D eigenvalue weighted by Crippen LogP contribution is 2.31. The van der Waals surface area contributed by atoms with Gasteiger partial charge in [-0.15, -0.1) is 11.6 Å². The molecule has 0 aliphatic heterocycles. The van der Waals surface area contributed by atoms with Crippen molar-refractivity contribution in [2.24, 2.45) is 0 Å². The first-order valence-electron chi connectivity index (χ1n) is 4.92. The summed E-state index contributed by atoms with van der Waals surface area (Å²) < 4.78 is 26.5. The van der Waals surface area contributed by atoms with Gasteiger partial charge in [0.15, 0.2) is 0 Å². The second-order valence-corrected chi connectivity index (χ2v) is 4.45. The van der Waals surface area contributed by atoms with Gasteiger partial charge in [0.25, 0.3) is 0 Å². The van der Waals surface area contributed by atoms with Crippen molar-refractivity contribution in [1.82, 2.24) is 0 Å². The molecule has 88 valence electrons. The summed E-state index contributed by atoms with van der Waals surface area (Å²) in [5, 5.41) is -0.166. The first kappa shape index (κ1) is 12.3. The van der Waals surface area contributed by atoms with Gasteiger partial charge in [0.05, 0.1) is 5.38 Å². The van der Waals surface area contributed by atoms with Crippen LogP contribution in [0.3, 0.4) is 0 Å². The molecular formula is C13H8Cl2F2. The minimum atomic E-state index is -0.733. The Bertz CT molecular complexity index is 523. The van der Waals surface area contributed by atoms with Crippen LogP contribution in [0, 0.1) is 11.6 Å². The fourth-order valence-corrected chi connectivity index (χ4v) is 1.96. The van der Waals surface area contributed by atoms with Crippen LogP contribution in [-0.4, -0.2) is 0 Å². The molecule has 0 heterocycles. The Balaban J connectivity index is 2.39. The molecule has 2 rings (SSSR count). The lowest BCUT2D eigenvalue weighted by Gasteiger charge is -2.11. The van der Waals surface area contributed by atoms with Gasteiger partial charge in [-0.3, -0.25) is 0 Å². The summed E-state index contributed by atoms with van der Waals surface area (Å²) in [7, 11) is 0. The third-order valence-corrected chi connectivity index (χ3v) is 3.13. The molecule has 1 atom stereocenters. The summed E-state index contributed by atoms with van der Waals surface area (Å²) in [4.78, 5) is 0. The molecule has 0 spiro atoms. The number of alkyl halides is 1. The van der Waals surface area contributed by atoms with Crippen LogP contribution in [0.4, 0.5) is 8.78 Å². The average molecular weight is 273 g/mol. The number of rotatable bonds is 2. The molecule has 0 N–H and O–H groups in total. The number of hydrogen-bond donors (Lipinski definition) is 0. The van der Waals surface area contributed by atoms with Crippen LogP contribution in [0.1, 0.15) is 16.5 Å². The monoisotopic (exact) mass is 272 g/mol. The molecule has 0 amide bonds. The van der Waals surface area contributed by atoms with Gasteiger partial charge in [0.1, 0.15) is 11.6 Å². The van der Waals surface area contributed by atoms with Gasteiger partial charge in [0, 0.05) is 10.6 Å². The molecular weight excluding hydrogens is 265 g/mol. The average Bonchev–Trinajstić information content (AvgIpc) is 2.32. The second-order valence-electron chi connectivity index (χ2n) is 3.58. The molecule has 1 unspecified atom stereocenters. The smallest absolute Gasteiger partial charge is 0.128 e. The molecule has 2 aromatic carbocycles. The Morgan fingerprint density at radius 3 is 2.24 bits per heavy atom. The maximum Gasteiger partial charge on any atom is 0.128 e. The molecule has 4 heteroatoms. The minimum Gasteiger partial charge on any atom is -0.207 e. The van der Waals surface area contributed by atoms with Crippen LogP contribution in [0.2, 0.25) is 5.02 Å². The van der Waals surface area contributed by atoms with Crippen LogP contribution < -0.4 is 0 Å². The van der Waals surface area contributed by atoms with Crippen LogP contribution in [0.25, 0.3) is 0 Å². The Hall–Kier alpha value is -1.12. The van der Waals surface area contributed by atoms with E-state index in [4.69, 9.17) is 23.2 Å². The van der Waals surface area contributed by atoms with Crippen molar-refractivity contribution < 1.29 is 8.78 Å². The molecule has 17 heavy (non-hydrogen) atoms. The predicted octanol–water partition coefficient (Wildman–Crippen LogP) is 4.95. The molecule has 0 aliphatic carbocycles. The van der Waals surface area contributed by atoms with Gasteiger partial charge >= 0.3 is 0 Å². The van der Waals surface area contributed by atoms with Crippen molar-refractivity contribution in [1.29, 1.82) is 0 Å². The third-order valence-electron chi connectivity index (χ3n) is 2.39. The standard InChI is InChI=1S/C13H8Cl2F2/c14-9-3-1-8(2-4-9)13(15)11-7-10(16)5-6-12(11)17/h1-7,13H. The molecule has 0 bridgehead atoms. The fraction of sp³-hybridized carbons (Fsp3) is 0.0769. The van der Waals surface area contributed by atoms with Gasteiger partial charge in [-0.05, 0) is 35.9 Å². The van der Waals surface area contributed by atoms with Gasteiger partial charge in [-0.1, -0.05) is 23.7 Å². The third kappa shape index (κ3) is 2.76. The van der Waals surface area contributed by atoms with Crippen LogP contribution in [-0.2, 0) is 0 Å². The van der Waals surface area contributed by atoms with Crippen LogP contribution in [0.15, 0.2) is 42.5 Å². The fourth-order valence-electron chi connectivity index (χ4n) is 1.52. The van der Waals surface area contributed by atoms with Crippen molar-refractivity contribution in [2.75, 3.05) is 0 Å². The van der Waals surface area contributed by atoms with Crippen molar-refractivity contribution in [3.8, 4) is 0 Å². The molecule has 0 radical (unpaired) electrons. The Kier molecular flexibility index (Phi) is 3.65. The van der Waals surface area contributed by atoms with Crippen LogP contribution in [0.5, 0.6) is 0 Å². The molecule has 0 aromatic heterocycles. The molecule has 2 aromatic rings. The second kappa shape index (κ2) is 5.03. The van der Waals surface area contributed by atoms with E-state index < -0.39 is 17.0 Å². The molecule has 0 fully saturated rings. The zero-order valence-corrected chi connectivity index (χ0v) is 10.1. The lowest BCUT2D eigenvalue weighted by atomic mass is 10.0. The van der Waals surface area contributed by atoms with E-state index in [1.54, 1.807) is 24.3 Å². The zero-order chi connectivity index (χ0) is 12.4. The first-order valence-corrected chi connectivity index (χ1v) is 5.74. The molecule has 0 saturated heterocycles. The summed E-state index contributed by atoms with van der Waals surface area (Å²) in [5.74, 6) is -1.04. The summed E-state index contributed by atoms with van der Waals surface area (Å²) in [5.41, 5.74) is 0.787. The van der Waals surface area contributed by atoms with Gasteiger partial charge in [0.2, 0.25) is 0 Å². The Morgan fingerprint density at radius 1 is 0.941 bits per heavy atom. The largest absolute Gasteiger partial charge is 0.207 e. The van der Waals surface area contributed by atoms with Gasteiger partial charge in [-0.2, -0.15) is 0 Å². The van der Waals surface area contributed by atoms with E-state index in [2.05, 4.69) is 0 Å². The van der Waals surface area contributed by atoms with E-state index in [-0.39, 0.29) is 5.56 Å². The van der Waals surface area contributed by atoms with E-state index in [0.29, 0.717) is 10.6 Å². The number of halogens is 4. The zero-order valence-electron chi connectivity index (χ0n) is 8.63. The summed E-state index contributed by atoms with van der Waals surface area (Å²) in [6.07, 6.45) is 0. The van der Waals surface area contributed by atoms with Gasteiger partial charge in [-0.25, -0.2) is 8.78 Å². The SMILES string of the molecule is Fc1ccc(F)c(C(Cl)c2ccc(Cl)cc2)c1. The highest BCUT2D eigenvalue weighted by atomic mass is 35.5. The van der Waals surface area contributed by atoms with Crippen molar-refractivity contribution >= 4 is 23.2 Å². The molecule has 0 saturated carbocycles. The lowest BCUT2D eigenvalue weighted by molar-refractivity contribution is 0.587. The van der Waals surface area contributed by atoms with Gasteiger partial charge < -0.3 is 0 Å². The Labute approximate surface area is 108 Å². The van der Waals surface area contributed by atoms with E-state index >= 15 is 0 Å². The van der Waals surface area contributed by atoms with Crippen molar-refractivity contribution in [3.63, 3.8) is 0 Å². The number of hydrogen-bond acceptors (Lipinski definition) is 0. The van der Waals surface area contributed by atoms with Crippen molar-refractivity contribution in [2.45, 2.75) is 5.38 Å². The molecule has 0 aliphatic rings. The number of benzene rings is 2. The quantitative estimate of drug-likeness (QED) is 0.679. The highest BCUT2D eigenvalue weighted by Gasteiger charge is 2.15. The highest BCUT2D eigenvalue weighted by molar-refractivity contribution is 6.30. The summed E-state index contributed by atoms with van der Waals surface area (Å²) >= 11 is 11.9. The Morgan fingerprint density at radius 2 is 1.59 bits per heavy atom. The first-order chi connectivity index (χ1) is 8.08. The van der Waals surface area contributed by atoms with E-state index in [1.807, 2.05) is 0 Å².